The number of ether oxygens (including phenoxy) is 1. The van der Waals surface area contributed by atoms with Gasteiger partial charge in [-0.3, -0.25) is 25.2 Å². The second-order valence-corrected chi connectivity index (χ2v) is 5.77. The summed E-state index contributed by atoms with van der Waals surface area (Å²) in [5, 5.41) is 3.64. The van der Waals surface area contributed by atoms with Crippen LogP contribution in [0.1, 0.15) is 12.8 Å². The first-order valence-electron chi connectivity index (χ1n) is 8.35. The number of nitrogens with one attached hydrogen (secondary N) is 3. The highest BCUT2D eigenvalue weighted by Gasteiger charge is 2.18. The van der Waals surface area contributed by atoms with Crippen LogP contribution in [-0.4, -0.2) is 30.0 Å². The molecule has 3 rings (SSSR count). The Morgan fingerprint density at radius 3 is 2.33 bits per heavy atom. The van der Waals surface area contributed by atoms with Gasteiger partial charge in [-0.15, -0.1) is 0 Å². The third-order valence-electron chi connectivity index (χ3n) is 3.81. The molecule has 2 aromatic rings. The second-order valence-electron chi connectivity index (χ2n) is 5.77. The fourth-order valence-corrected chi connectivity index (χ4v) is 2.40. The lowest BCUT2D eigenvalue weighted by atomic mass is 10.1. The van der Waals surface area contributed by atoms with Crippen molar-refractivity contribution in [2.24, 2.45) is 5.10 Å². The largest absolute Gasteiger partial charge is 0.484 e. The van der Waals surface area contributed by atoms with Crippen molar-refractivity contribution in [3.8, 4) is 16.9 Å². The van der Waals surface area contributed by atoms with Crippen LogP contribution >= 0.6 is 0 Å². The van der Waals surface area contributed by atoms with E-state index in [0.29, 0.717) is 5.75 Å². The van der Waals surface area contributed by atoms with Gasteiger partial charge >= 0.3 is 0 Å². The van der Waals surface area contributed by atoms with Gasteiger partial charge in [0.2, 0.25) is 5.91 Å². The molecule has 0 bridgehead atoms. The van der Waals surface area contributed by atoms with E-state index in [9.17, 15) is 14.4 Å². The number of benzene rings is 2. The number of hydrazine groups is 1. The molecule has 0 saturated carbocycles. The van der Waals surface area contributed by atoms with E-state index in [4.69, 9.17) is 4.74 Å². The fraction of sp³-hybridized carbons (Fsp3) is 0.158. The molecule has 0 aromatic heterocycles. The molecule has 0 saturated heterocycles. The maximum absolute atomic E-state index is 11.8. The van der Waals surface area contributed by atoms with E-state index in [0.717, 1.165) is 11.1 Å². The highest BCUT2D eigenvalue weighted by Crippen LogP contribution is 2.21. The van der Waals surface area contributed by atoms with Crippen LogP contribution in [0.3, 0.4) is 0 Å². The maximum Gasteiger partial charge on any atom is 0.285 e. The molecule has 0 fully saturated rings. The Kier molecular flexibility index (Phi) is 5.78. The SMILES string of the molecule is O=C1CCC(C(=O)NNC(=O)COc2ccc(-c3ccccc3)cc2)=NN1. The molecule has 8 nitrogen and oxygen atoms in total. The van der Waals surface area contributed by atoms with Gasteiger partial charge in [-0.25, -0.2) is 5.43 Å². The van der Waals surface area contributed by atoms with Crippen molar-refractivity contribution >= 4 is 23.4 Å². The molecule has 1 aliphatic rings. The Bertz CT molecular complexity index is 863. The van der Waals surface area contributed by atoms with E-state index in [-0.39, 0.29) is 31.1 Å². The third kappa shape index (κ3) is 5.15. The van der Waals surface area contributed by atoms with Gasteiger partial charge in [0, 0.05) is 12.8 Å². The first-order chi connectivity index (χ1) is 13.1. The third-order valence-corrected chi connectivity index (χ3v) is 3.81. The zero-order valence-corrected chi connectivity index (χ0v) is 14.4. The van der Waals surface area contributed by atoms with Crippen LogP contribution in [0.15, 0.2) is 59.7 Å². The maximum atomic E-state index is 11.8. The van der Waals surface area contributed by atoms with Crippen molar-refractivity contribution in [2.45, 2.75) is 12.8 Å². The second kappa shape index (κ2) is 8.61. The fourth-order valence-electron chi connectivity index (χ4n) is 2.40. The summed E-state index contributed by atoms with van der Waals surface area (Å²) < 4.78 is 5.40. The van der Waals surface area contributed by atoms with Crippen LogP contribution < -0.4 is 21.0 Å². The Morgan fingerprint density at radius 2 is 1.67 bits per heavy atom. The molecule has 27 heavy (non-hydrogen) atoms. The molecular weight excluding hydrogens is 348 g/mol. The van der Waals surface area contributed by atoms with Gasteiger partial charge in [0.05, 0.1) is 0 Å². The molecule has 3 N–H and O–H groups in total. The molecule has 8 heteroatoms. The van der Waals surface area contributed by atoms with E-state index in [1.54, 1.807) is 12.1 Å². The van der Waals surface area contributed by atoms with Crippen molar-refractivity contribution < 1.29 is 19.1 Å². The number of carbonyl (C=O) groups is 3. The van der Waals surface area contributed by atoms with Crippen LogP contribution in [0, 0.1) is 0 Å². The van der Waals surface area contributed by atoms with Crippen LogP contribution in [0.25, 0.3) is 11.1 Å². The van der Waals surface area contributed by atoms with Gasteiger partial charge in [-0.05, 0) is 23.3 Å². The summed E-state index contributed by atoms with van der Waals surface area (Å²) in [5.41, 5.74) is 8.97. The van der Waals surface area contributed by atoms with E-state index >= 15 is 0 Å². The van der Waals surface area contributed by atoms with Crippen LogP contribution in [0.4, 0.5) is 0 Å². The summed E-state index contributed by atoms with van der Waals surface area (Å²) in [6.07, 6.45) is 0.403. The van der Waals surface area contributed by atoms with E-state index in [2.05, 4.69) is 21.4 Å². The van der Waals surface area contributed by atoms with Gasteiger partial charge < -0.3 is 4.74 Å². The lowest BCUT2D eigenvalue weighted by molar-refractivity contribution is -0.127. The molecule has 3 amide bonds. The minimum absolute atomic E-state index is 0.146. The standard InChI is InChI=1S/C19H18N4O4/c24-17-11-10-16(20-21-17)19(26)23-22-18(25)12-27-15-8-6-14(7-9-15)13-4-2-1-3-5-13/h1-9H,10-12H2,(H,21,24)(H,22,25)(H,23,26). The molecule has 0 aliphatic carbocycles. The minimum Gasteiger partial charge on any atom is -0.484 e. The number of carbonyl (C=O) groups excluding carboxylic acids is 3. The molecule has 0 radical (unpaired) electrons. The van der Waals surface area contributed by atoms with Crippen molar-refractivity contribution in [1.82, 2.24) is 16.3 Å². The predicted octanol–water partition coefficient (Wildman–Crippen LogP) is 1.15. The van der Waals surface area contributed by atoms with Gasteiger partial charge in [0.25, 0.3) is 11.8 Å². The molecule has 2 aromatic carbocycles. The van der Waals surface area contributed by atoms with Crippen molar-refractivity contribution in [1.29, 1.82) is 0 Å². The predicted molar refractivity (Wildman–Crippen MR) is 98.5 cm³/mol. The number of hydrogen-bond acceptors (Lipinski definition) is 5. The monoisotopic (exact) mass is 366 g/mol. The summed E-state index contributed by atoms with van der Waals surface area (Å²) in [7, 11) is 0. The number of hydrogen-bond donors (Lipinski definition) is 3. The van der Waals surface area contributed by atoms with Crippen molar-refractivity contribution in [3.63, 3.8) is 0 Å². The van der Waals surface area contributed by atoms with Gasteiger partial charge in [0.1, 0.15) is 11.5 Å². The molecule has 0 atom stereocenters. The zero-order valence-electron chi connectivity index (χ0n) is 14.4. The van der Waals surface area contributed by atoms with Crippen LogP contribution in [0.2, 0.25) is 0 Å². The normalized spacial score (nSPS) is 13.2. The molecular formula is C19H18N4O4. The Morgan fingerprint density at radius 1 is 0.963 bits per heavy atom. The number of rotatable bonds is 5. The first-order valence-corrected chi connectivity index (χ1v) is 8.35. The van der Waals surface area contributed by atoms with Crippen molar-refractivity contribution in [3.05, 3.63) is 54.6 Å². The van der Waals surface area contributed by atoms with Gasteiger partial charge in [0.15, 0.2) is 6.61 Å². The van der Waals surface area contributed by atoms with E-state index in [1.807, 2.05) is 42.5 Å². The smallest absolute Gasteiger partial charge is 0.285 e. The summed E-state index contributed by atoms with van der Waals surface area (Å²) in [4.78, 5) is 34.6. The Labute approximate surface area is 155 Å². The summed E-state index contributed by atoms with van der Waals surface area (Å²) >= 11 is 0. The van der Waals surface area contributed by atoms with Crippen LogP contribution in [-0.2, 0) is 14.4 Å². The summed E-state index contributed by atoms with van der Waals surface area (Å²) in [6, 6.07) is 17.2. The lowest BCUT2D eigenvalue weighted by Crippen LogP contribution is -2.47. The van der Waals surface area contributed by atoms with E-state index < -0.39 is 11.8 Å². The molecule has 1 heterocycles. The average molecular weight is 366 g/mol. The Hall–Kier alpha value is -3.68. The molecule has 0 unspecified atom stereocenters. The molecule has 1 aliphatic heterocycles. The zero-order chi connectivity index (χ0) is 19.1. The van der Waals surface area contributed by atoms with E-state index in [1.165, 1.54) is 0 Å². The molecule has 0 spiro atoms. The number of nitrogens with zero attached hydrogens (tertiary/aromatic N) is 1. The minimum atomic E-state index is -0.574. The topological polar surface area (TPSA) is 109 Å². The quantitative estimate of drug-likeness (QED) is 0.690. The highest BCUT2D eigenvalue weighted by molar-refractivity contribution is 6.39. The Balaban J connectivity index is 1.44. The number of amides is 3. The lowest BCUT2D eigenvalue weighted by Gasteiger charge is -2.13. The van der Waals surface area contributed by atoms with Gasteiger partial charge in [-0.2, -0.15) is 5.10 Å². The molecule has 138 valence electrons. The first kappa shape index (κ1) is 18.1. The van der Waals surface area contributed by atoms with Crippen LogP contribution in [0.5, 0.6) is 5.75 Å². The summed E-state index contributed by atoms with van der Waals surface area (Å²) in [5.74, 6) is -0.802. The summed E-state index contributed by atoms with van der Waals surface area (Å²) in [6.45, 7) is -0.256. The van der Waals surface area contributed by atoms with Gasteiger partial charge in [-0.1, -0.05) is 42.5 Å². The number of hydrazone groups is 1. The van der Waals surface area contributed by atoms with Crippen molar-refractivity contribution in [2.75, 3.05) is 6.61 Å². The average Bonchev–Trinajstić information content (AvgIpc) is 2.72. The highest BCUT2D eigenvalue weighted by atomic mass is 16.5.